The van der Waals surface area contributed by atoms with Crippen LogP contribution in [-0.4, -0.2) is 15.0 Å². The van der Waals surface area contributed by atoms with Gasteiger partial charge < -0.3 is 4.90 Å². The molecule has 27 heavy (non-hydrogen) atoms. The first-order chi connectivity index (χ1) is 13.0. The average molecular weight is 382 g/mol. The van der Waals surface area contributed by atoms with E-state index < -0.39 is 4.92 Å². The molecule has 0 heterocycles. The molecule has 0 aliphatic heterocycles. The van der Waals surface area contributed by atoms with Crippen LogP contribution in [-0.2, 0) is 13.1 Å². The van der Waals surface area contributed by atoms with Crippen molar-refractivity contribution in [2.75, 3.05) is 0 Å². The second-order valence-corrected chi connectivity index (χ2v) is 6.13. The van der Waals surface area contributed by atoms with E-state index in [1.807, 2.05) is 65.6 Å². The van der Waals surface area contributed by atoms with Crippen molar-refractivity contribution < 1.29 is 4.92 Å². The second-order valence-electron chi connectivity index (χ2n) is 5.77. The zero-order chi connectivity index (χ0) is 19.6. The van der Waals surface area contributed by atoms with Crippen molar-refractivity contribution in [2.45, 2.75) is 20.0 Å². The van der Waals surface area contributed by atoms with Crippen molar-refractivity contribution in [3.63, 3.8) is 0 Å². The van der Waals surface area contributed by atoms with Crippen LogP contribution in [0.4, 0.5) is 0 Å². The van der Waals surface area contributed by atoms with Crippen molar-refractivity contribution in [1.29, 1.82) is 0 Å². The van der Waals surface area contributed by atoms with Crippen LogP contribution in [0.15, 0.2) is 95.6 Å². The Labute approximate surface area is 163 Å². The van der Waals surface area contributed by atoms with Crippen molar-refractivity contribution in [3.05, 3.63) is 112 Å². The van der Waals surface area contributed by atoms with Crippen LogP contribution in [0, 0.1) is 10.1 Å². The van der Waals surface area contributed by atoms with Crippen LogP contribution in [0.1, 0.15) is 18.1 Å². The van der Waals surface area contributed by atoms with Gasteiger partial charge in [-0.15, -0.1) is 5.73 Å². The summed E-state index contributed by atoms with van der Waals surface area (Å²) in [6.07, 6.45) is 1.21. The van der Waals surface area contributed by atoms with E-state index in [9.17, 15) is 10.1 Å². The lowest BCUT2D eigenvalue weighted by atomic mass is 10.1. The first-order valence-electron chi connectivity index (χ1n) is 8.29. The van der Waals surface area contributed by atoms with Crippen molar-refractivity contribution in [3.8, 4) is 0 Å². The maximum atomic E-state index is 11.7. The van der Waals surface area contributed by atoms with E-state index in [2.05, 4.69) is 17.3 Å². The highest BCUT2D eigenvalue weighted by Crippen LogP contribution is 2.21. The van der Waals surface area contributed by atoms with Gasteiger partial charge in [-0.05, 0) is 18.1 Å². The highest BCUT2D eigenvalue weighted by molar-refractivity contribution is 6.69. The van der Waals surface area contributed by atoms with Gasteiger partial charge in [0, 0.05) is 13.1 Å². The third-order valence-corrected chi connectivity index (χ3v) is 4.17. The molecule has 0 saturated carbocycles. The summed E-state index contributed by atoms with van der Waals surface area (Å²) in [6.45, 7) is 6.07. The highest BCUT2D eigenvalue weighted by atomic mass is 35.5. The van der Waals surface area contributed by atoms with Gasteiger partial charge in [0.1, 0.15) is 0 Å². The number of hydrogen-bond donors (Lipinski definition) is 0. The maximum absolute atomic E-state index is 11.7. The fraction of sp³-hybridized carbons (Fsp3) is 0.143. The lowest BCUT2D eigenvalue weighted by Crippen LogP contribution is -2.25. The van der Waals surface area contributed by atoms with Crippen molar-refractivity contribution >= 4 is 16.8 Å². The molecule has 0 bridgehead atoms. The van der Waals surface area contributed by atoms with E-state index in [4.69, 9.17) is 11.6 Å². The van der Waals surface area contributed by atoms with E-state index >= 15 is 0 Å². The number of halogens is 1. The molecule has 2 rings (SSSR count). The molecular weight excluding hydrogens is 362 g/mol. The monoisotopic (exact) mass is 381 g/mol. The maximum Gasteiger partial charge on any atom is 0.325 e. The minimum atomic E-state index is -0.513. The molecule has 0 aliphatic rings. The predicted octanol–water partition coefficient (Wildman–Crippen LogP) is 5.13. The smallest absolute Gasteiger partial charge is 0.325 e. The van der Waals surface area contributed by atoms with Gasteiger partial charge in [-0.1, -0.05) is 78.8 Å². The Kier molecular flexibility index (Phi) is 7.56. The number of nitrogens with zero attached hydrogens (tertiary/aromatic N) is 3. The Morgan fingerprint density at radius 1 is 1.15 bits per heavy atom. The molecule has 0 aliphatic carbocycles. The lowest BCUT2D eigenvalue weighted by molar-refractivity contribution is -0.416. The van der Waals surface area contributed by atoms with Gasteiger partial charge in [-0.3, -0.25) is 10.1 Å². The van der Waals surface area contributed by atoms with E-state index in [1.54, 1.807) is 6.92 Å². The van der Waals surface area contributed by atoms with Gasteiger partial charge >= 0.3 is 5.70 Å². The summed E-state index contributed by atoms with van der Waals surface area (Å²) in [5.74, 6) is 0. The molecule has 0 aromatic heterocycles. The molecule has 0 radical (unpaired) electrons. The van der Waals surface area contributed by atoms with Crippen LogP contribution in [0.3, 0.4) is 0 Å². The molecule has 5 nitrogen and oxygen atoms in total. The summed E-state index contributed by atoms with van der Waals surface area (Å²) in [5.41, 5.74) is 4.70. The largest absolute Gasteiger partial charge is 0.361 e. The van der Waals surface area contributed by atoms with E-state index in [-0.39, 0.29) is 10.9 Å². The Balaban J connectivity index is 2.47. The summed E-state index contributed by atoms with van der Waals surface area (Å²) < 4.78 is 0. The van der Waals surface area contributed by atoms with Crippen LogP contribution < -0.4 is 0 Å². The molecule has 0 saturated heterocycles. The summed E-state index contributed by atoms with van der Waals surface area (Å²) >= 11 is 6.09. The number of allylic oxidation sites excluding steroid dienone is 2. The van der Waals surface area contributed by atoms with E-state index in [0.29, 0.717) is 18.8 Å². The summed E-state index contributed by atoms with van der Waals surface area (Å²) in [4.78, 5) is 16.9. The number of hydrogen-bond acceptors (Lipinski definition) is 4. The molecule has 0 unspecified atom stereocenters. The van der Waals surface area contributed by atoms with Crippen LogP contribution >= 0.6 is 11.6 Å². The van der Waals surface area contributed by atoms with E-state index in [0.717, 1.165) is 11.1 Å². The Morgan fingerprint density at radius 2 is 1.63 bits per heavy atom. The molecule has 0 amide bonds. The molecule has 0 spiro atoms. The van der Waals surface area contributed by atoms with Crippen LogP contribution in [0.2, 0.25) is 0 Å². The second kappa shape index (κ2) is 10.1. The van der Waals surface area contributed by atoms with Crippen molar-refractivity contribution in [1.82, 2.24) is 4.90 Å². The van der Waals surface area contributed by atoms with Gasteiger partial charge in [0.15, 0.2) is 0 Å². The molecular formula is C21H20ClN3O2. The van der Waals surface area contributed by atoms with Gasteiger partial charge in [0.25, 0.3) is 0 Å². The molecule has 0 fully saturated rings. The highest BCUT2D eigenvalue weighted by Gasteiger charge is 2.25. The summed E-state index contributed by atoms with van der Waals surface area (Å²) in [5, 5.41) is 11.5. The third kappa shape index (κ3) is 5.96. The predicted molar refractivity (Wildman–Crippen MR) is 109 cm³/mol. The zero-order valence-corrected chi connectivity index (χ0v) is 15.8. The standard InChI is InChI=1S/C21H20ClN3O2/c1-3-14-23-21(22)20(25(26)27)17(2)24(15-18-10-6-4-7-11-18)16-19-12-8-5-9-13-19/h4-14H,1,15-16H2,2H3/b20-17-,23-21?. The quantitative estimate of drug-likeness (QED) is 0.275. The topological polar surface area (TPSA) is 58.7 Å². The van der Waals surface area contributed by atoms with Gasteiger partial charge in [-0.2, -0.15) is 0 Å². The fourth-order valence-corrected chi connectivity index (χ4v) is 2.83. The third-order valence-electron chi connectivity index (χ3n) is 3.90. The minimum absolute atomic E-state index is 0.209. The number of aliphatic imine (C=N–C) groups is 1. The van der Waals surface area contributed by atoms with Crippen LogP contribution in [0.25, 0.3) is 0 Å². The average Bonchev–Trinajstić information content (AvgIpc) is 2.67. The molecule has 0 N–H and O–H groups in total. The van der Waals surface area contributed by atoms with Gasteiger partial charge in [0.2, 0.25) is 5.17 Å². The summed E-state index contributed by atoms with van der Waals surface area (Å²) in [6, 6.07) is 19.5. The summed E-state index contributed by atoms with van der Waals surface area (Å²) in [7, 11) is 0. The number of benzene rings is 2. The lowest BCUT2D eigenvalue weighted by Gasteiger charge is -2.25. The van der Waals surface area contributed by atoms with Crippen molar-refractivity contribution in [2.24, 2.45) is 4.99 Å². The first kappa shape index (κ1) is 20.2. The SMILES string of the molecule is C=C=CN=C(Cl)/C(=C(\C)N(Cc1ccccc1)Cc1ccccc1)[N+](=O)[O-]. The Bertz CT molecular complexity index is 845. The van der Waals surface area contributed by atoms with E-state index in [1.165, 1.54) is 6.20 Å². The first-order valence-corrected chi connectivity index (χ1v) is 8.66. The molecule has 2 aromatic rings. The molecule has 6 heteroatoms. The molecule has 2 aromatic carbocycles. The fourth-order valence-electron chi connectivity index (χ4n) is 2.57. The Hall–Kier alpha value is -3.14. The van der Waals surface area contributed by atoms with Crippen LogP contribution in [0.5, 0.6) is 0 Å². The molecule has 0 atom stereocenters. The molecule has 138 valence electrons. The van der Waals surface area contributed by atoms with Gasteiger partial charge in [0.05, 0.1) is 16.8 Å². The zero-order valence-electron chi connectivity index (χ0n) is 15.0. The number of nitro groups is 1. The normalized spacial score (nSPS) is 12.0. The van der Waals surface area contributed by atoms with Gasteiger partial charge in [-0.25, -0.2) is 4.99 Å². The minimum Gasteiger partial charge on any atom is -0.361 e. The Morgan fingerprint density at radius 3 is 2.04 bits per heavy atom. The number of rotatable bonds is 8.